The van der Waals surface area contributed by atoms with Crippen molar-refractivity contribution in [2.45, 2.75) is 31.8 Å². The van der Waals surface area contributed by atoms with Gasteiger partial charge in [0.1, 0.15) is 11.5 Å². The maximum atomic E-state index is 12.4. The quantitative estimate of drug-likeness (QED) is 0.700. The van der Waals surface area contributed by atoms with Gasteiger partial charge in [-0.3, -0.25) is 9.69 Å². The highest BCUT2D eigenvalue weighted by Crippen LogP contribution is 2.31. The summed E-state index contributed by atoms with van der Waals surface area (Å²) in [5, 5.41) is 3.04. The predicted molar refractivity (Wildman–Crippen MR) is 106 cm³/mol. The van der Waals surface area contributed by atoms with Crippen LogP contribution >= 0.6 is 0 Å². The van der Waals surface area contributed by atoms with Crippen molar-refractivity contribution in [3.8, 4) is 11.5 Å². The van der Waals surface area contributed by atoms with E-state index >= 15 is 0 Å². The van der Waals surface area contributed by atoms with Gasteiger partial charge in [-0.2, -0.15) is 0 Å². The number of nitrogens with zero attached hydrogens (tertiary/aromatic N) is 1. The lowest BCUT2D eigenvalue weighted by atomic mass is 10.1. The zero-order valence-corrected chi connectivity index (χ0v) is 16.1. The van der Waals surface area contributed by atoms with Crippen LogP contribution in [0.2, 0.25) is 0 Å². The van der Waals surface area contributed by atoms with E-state index < -0.39 is 0 Å². The second-order valence-corrected chi connectivity index (χ2v) is 6.90. The van der Waals surface area contributed by atoms with Crippen molar-refractivity contribution < 1.29 is 14.3 Å². The second kappa shape index (κ2) is 9.42. The molecule has 1 fully saturated rings. The van der Waals surface area contributed by atoms with Gasteiger partial charge < -0.3 is 14.8 Å². The lowest BCUT2D eigenvalue weighted by Gasteiger charge is -2.23. The number of carbonyl (C=O) groups excluding carboxylic acids is 1. The van der Waals surface area contributed by atoms with Crippen LogP contribution in [0.25, 0.3) is 0 Å². The van der Waals surface area contributed by atoms with E-state index in [0.29, 0.717) is 25.7 Å². The van der Waals surface area contributed by atoms with Crippen LogP contribution in [0.15, 0.2) is 48.5 Å². The molecule has 1 saturated carbocycles. The molecule has 0 radical (unpaired) electrons. The van der Waals surface area contributed by atoms with E-state index in [-0.39, 0.29) is 5.91 Å². The largest absolute Gasteiger partial charge is 0.497 e. The number of benzene rings is 2. The Balaban J connectivity index is 1.55. The fraction of sp³-hybridized carbons (Fsp3) is 0.409. The lowest BCUT2D eigenvalue weighted by Crippen LogP contribution is -2.38. The van der Waals surface area contributed by atoms with E-state index in [0.717, 1.165) is 36.3 Å². The van der Waals surface area contributed by atoms with Crippen LogP contribution in [0, 0.1) is 0 Å². The highest BCUT2D eigenvalue weighted by atomic mass is 16.5. The smallest absolute Gasteiger partial charge is 0.234 e. The highest BCUT2D eigenvalue weighted by molar-refractivity contribution is 5.78. The van der Waals surface area contributed by atoms with Gasteiger partial charge in [-0.1, -0.05) is 30.3 Å². The topological polar surface area (TPSA) is 50.8 Å². The minimum Gasteiger partial charge on any atom is -0.497 e. The van der Waals surface area contributed by atoms with Crippen molar-refractivity contribution in [3.05, 3.63) is 59.7 Å². The van der Waals surface area contributed by atoms with Crippen molar-refractivity contribution in [3.63, 3.8) is 0 Å². The molecule has 144 valence electrons. The number of amides is 1. The number of methoxy groups -OCH3 is 2. The van der Waals surface area contributed by atoms with E-state index in [1.807, 2.05) is 36.4 Å². The van der Waals surface area contributed by atoms with Gasteiger partial charge in [0.2, 0.25) is 5.91 Å². The van der Waals surface area contributed by atoms with Gasteiger partial charge in [-0.25, -0.2) is 0 Å². The van der Waals surface area contributed by atoms with E-state index in [2.05, 4.69) is 22.3 Å². The van der Waals surface area contributed by atoms with Crippen LogP contribution in [-0.2, 0) is 17.8 Å². The number of nitrogens with one attached hydrogen (secondary N) is 1. The normalized spacial score (nSPS) is 13.4. The number of hydrogen-bond donors (Lipinski definition) is 1. The third-order valence-electron chi connectivity index (χ3n) is 4.85. The van der Waals surface area contributed by atoms with Crippen LogP contribution in [0.4, 0.5) is 0 Å². The van der Waals surface area contributed by atoms with Crippen LogP contribution in [0.1, 0.15) is 24.0 Å². The van der Waals surface area contributed by atoms with Gasteiger partial charge in [0.05, 0.1) is 20.8 Å². The summed E-state index contributed by atoms with van der Waals surface area (Å²) < 4.78 is 10.8. The van der Waals surface area contributed by atoms with Gasteiger partial charge in [0.15, 0.2) is 0 Å². The third-order valence-corrected chi connectivity index (χ3v) is 4.85. The second-order valence-electron chi connectivity index (χ2n) is 6.90. The number of hydrogen-bond acceptors (Lipinski definition) is 4. The molecular weight excluding hydrogens is 340 g/mol. The van der Waals surface area contributed by atoms with Crippen molar-refractivity contribution in [1.82, 2.24) is 10.2 Å². The molecule has 1 N–H and O–H groups in total. The SMILES string of the molecule is COc1ccc(OC)c(CN(CC(=O)NCCc2ccccc2)C2CC2)c1. The highest BCUT2D eigenvalue weighted by Gasteiger charge is 2.30. The Labute approximate surface area is 161 Å². The minimum absolute atomic E-state index is 0.0692. The zero-order chi connectivity index (χ0) is 19.1. The molecule has 1 aliphatic rings. The Morgan fingerprint density at radius 2 is 1.89 bits per heavy atom. The molecule has 0 spiro atoms. The molecule has 0 unspecified atom stereocenters. The molecule has 0 heterocycles. The van der Waals surface area contributed by atoms with Crippen molar-refractivity contribution in [1.29, 1.82) is 0 Å². The average Bonchev–Trinajstić information content (AvgIpc) is 3.53. The molecule has 5 nitrogen and oxygen atoms in total. The molecule has 0 saturated heterocycles. The van der Waals surface area contributed by atoms with Crippen molar-refractivity contribution in [2.75, 3.05) is 27.3 Å². The van der Waals surface area contributed by atoms with E-state index in [4.69, 9.17) is 9.47 Å². The number of carbonyl (C=O) groups is 1. The third kappa shape index (κ3) is 5.73. The Bertz CT molecular complexity index is 744. The van der Waals surface area contributed by atoms with E-state index in [1.54, 1.807) is 14.2 Å². The maximum Gasteiger partial charge on any atom is 0.234 e. The molecule has 0 aliphatic heterocycles. The van der Waals surface area contributed by atoms with Gasteiger partial charge in [0, 0.05) is 24.7 Å². The van der Waals surface area contributed by atoms with Crippen LogP contribution in [-0.4, -0.2) is 44.2 Å². The monoisotopic (exact) mass is 368 g/mol. The molecule has 5 heteroatoms. The number of rotatable bonds is 10. The molecule has 1 amide bonds. The van der Waals surface area contributed by atoms with Gasteiger partial charge in [0.25, 0.3) is 0 Å². The summed E-state index contributed by atoms with van der Waals surface area (Å²) in [7, 11) is 3.33. The molecule has 1 aliphatic carbocycles. The molecule has 0 bridgehead atoms. The summed E-state index contributed by atoms with van der Waals surface area (Å²) in [6.45, 7) is 1.74. The first-order chi connectivity index (χ1) is 13.2. The van der Waals surface area contributed by atoms with E-state index in [9.17, 15) is 4.79 Å². The molecular formula is C22H28N2O3. The summed E-state index contributed by atoms with van der Waals surface area (Å²) >= 11 is 0. The van der Waals surface area contributed by atoms with Crippen LogP contribution < -0.4 is 14.8 Å². The Morgan fingerprint density at radius 3 is 2.56 bits per heavy atom. The standard InChI is InChI=1S/C22H28N2O3/c1-26-20-10-11-21(27-2)18(14-20)15-24(19-8-9-19)16-22(25)23-13-12-17-6-4-3-5-7-17/h3-7,10-11,14,19H,8-9,12-13,15-16H2,1-2H3,(H,23,25). The Kier molecular flexibility index (Phi) is 6.71. The number of ether oxygens (including phenoxy) is 2. The van der Waals surface area contributed by atoms with Gasteiger partial charge in [-0.05, 0) is 43.0 Å². The van der Waals surface area contributed by atoms with Crippen LogP contribution in [0.3, 0.4) is 0 Å². The summed E-state index contributed by atoms with van der Waals surface area (Å²) in [6, 6.07) is 16.5. The first kappa shape index (κ1) is 19.2. The fourth-order valence-electron chi connectivity index (χ4n) is 3.21. The average molecular weight is 368 g/mol. The van der Waals surface area contributed by atoms with E-state index in [1.165, 1.54) is 5.56 Å². The molecule has 2 aromatic rings. The Hall–Kier alpha value is -2.53. The molecule has 0 aromatic heterocycles. The maximum absolute atomic E-state index is 12.4. The summed E-state index contributed by atoms with van der Waals surface area (Å²) in [4.78, 5) is 14.7. The van der Waals surface area contributed by atoms with Gasteiger partial charge >= 0.3 is 0 Å². The summed E-state index contributed by atoms with van der Waals surface area (Å²) in [6.07, 6.45) is 3.13. The first-order valence-corrected chi connectivity index (χ1v) is 9.45. The van der Waals surface area contributed by atoms with Crippen molar-refractivity contribution >= 4 is 5.91 Å². The first-order valence-electron chi connectivity index (χ1n) is 9.45. The zero-order valence-electron chi connectivity index (χ0n) is 16.1. The van der Waals surface area contributed by atoms with Crippen molar-refractivity contribution in [2.24, 2.45) is 0 Å². The lowest BCUT2D eigenvalue weighted by molar-refractivity contribution is -0.122. The minimum atomic E-state index is 0.0692. The molecule has 27 heavy (non-hydrogen) atoms. The van der Waals surface area contributed by atoms with Gasteiger partial charge in [-0.15, -0.1) is 0 Å². The van der Waals surface area contributed by atoms with Crippen LogP contribution in [0.5, 0.6) is 11.5 Å². The molecule has 2 aromatic carbocycles. The summed E-state index contributed by atoms with van der Waals surface area (Å²) in [5.41, 5.74) is 2.28. The predicted octanol–water partition coefficient (Wildman–Crippen LogP) is 3.03. The Morgan fingerprint density at radius 1 is 1.11 bits per heavy atom. The molecule has 0 atom stereocenters. The fourth-order valence-corrected chi connectivity index (χ4v) is 3.21. The summed E-state index contributed by atoms with van der Waals surface area (Å²) in [5.74, 6) is 1.69. The molecule has 3 rings (SSSR count).